The molecule has 0 rings (SSSR count). The average molecular weight is 1090 g/mol. The summed E-state index contributed by atoms with van der Waals surface area (Å²) in [6, 6.07) is 0. The van der Waals surface area contributed by atoms with Gasteiger partial charge in [-0.1, -0.05) is 261 Å². The maximum absolute atomic E-state index is 12.8. The van der Waals surface area contributed by atoms with Gasteiger partial charge in [0.05, 0.1) is 27.7 Å². The molecule has 2 atom stereocenters. The minimum Gasteiger partial charge on any atom is -0.462 e. The summed E-state index contributed by atoms with van der Waals surface area (Å²) in [6.45, 7) is 4.43. The van der Waals surface area contributed by atoms with E-state index < -0.39 is 26.5 Å². The Labute approximate surface area is 470 Å². The van der Waals surface area contributed by atoms with E-state index in [0.29, 0.717) is 17.4 Å². The topological polar surface area (TPSA) is 108 Å². The Bertz CT molecular complexity index is 1470. The predicted molar refractivity (Wildman–Crippen MR) is 326 cm³/mol. The lowest BCUT2D eigenvalue weighted by Gasteiger charge is -2.24. The lowest BCUT2D eigenvalue weighted by atomic mass is 10.0. The van der Waals surface area contributed by atoms with E-state index in [2.05, 4.69) is 74.6 Å². The van der Waals surface area contributed by atoms with Crippen LogP contribution in [-0.2, 0) is 32.7 Å². The second-order valence-corrected chi connectivity index (χ2v) is 24.2. The van der Waals surface area contributed by atoms with Crippen LogP contribution < -0.4 is 0 Å². The number of ether oxygens (including phenoxy) is 2. The van der Waals surface area contributed by atoms with Gasteiger partial charge in [0.25, 0.3) is 0 Å². The number of carbonyl (C=O) groups excluding carboxylic acids is 2. The molecule has 9 nitrogen and oxygen atoms in total. The zero-order chi connectivity index (χ0) is 55.6. The third-order valence-corrected chi connectivity index (χ3v) is 15.0. The van der Waals surface area contributed by atoms with Gasteiger partial charge in [0.15, 0.2) is 6.10 Å². The second kappa shape index (κ2) is 57.4. The summed E-state index contributed by atoms with van der Waals surface area (Å²) in [6.07, 6.45) is 74.5. The molecule has 0 fully saturated rings. The molecule has 0 aliphatic rings. The number of carbonyl (C=O) groups is 2. The molecule has 10 heteroatoms. The van der Waals surface area contributed by atoms with Crippen molar-refractivity contribution in [2.45, 2.75) is 302 Å². The van der Waals surface area contributed by atoms with Gasteiger partial charge < -0.3 is 18.9 Å². The van der Waals surface area contributed by atoms with Crippen LogP contribution in [0.25, 0.3) is 0 Å². The Morgan fingerprint density at radius 2 is 0.711 bits per heavy atom. The largest absolute Gasteiger partial charge is 0.472 e. The Hall–Kier alpha value is -2.29. The summed E-state index contributed by atoms with van der Waals surface area (Å²) in [5.41, 5.74) is 0. The van der Waals surface area contributed by atoms with Crippen molar-refractivity contribution in [1.82, 2.24) is 0 Å². The smallest absolute Gasteiger partial charge is 0.462 e. The molecule has 0 amide bonds. The first-order valence-electron chi connectivity index (χ1n) is 32.0. The molecule has 0 saturated carbocycles. The van der Waals surface area contributed by atoms with Crippen molar-refractivity contribution < 1.29 is 42.1 Å². The highest BCUT2D eigenvalue weighted by molar-refractivity contribution is 7.47. The van der Waals surface area contributed by atoms with Crippen LogP contribution in [0.2, 0.25) is 0 Å². The number of unbranched alkanes of at least 4 members (excludes halogenated alkanes) is 35. The SMILES string of the molecule is CCCCCCC/C=C\C/C=C\C/C=C\CCCCCCCCC(=O)OC(COC(=O)CCCCCCCCCCCCCCCCCCCCC/C=C\C/C=C\CCCCCCC)COP(=O)(O)OCC[N+](C)(C)C. The summed E-state index contributed by atoms with van der Waals surface area (Å²) in [4.78, 5) is 35.8. The summed E-state index contributed by atoms with van der Waals surface area (Å²) < 4.78 is 34.6. The maximum atomic E-state index is 12.8. The highest BCUT2D eigenvalue weighted by Gasteiger charge is 2.27. The van der Waals surface area contributed by atoms with E-state index in [1.807, 2.05) is 21.1 Å². The molecule has 1 N–H and O–H groups in total. The Morgan fingerprint density at radius 1 is 0.408 bits per heavy atom. The molecule has 0 bridgehead atoms. The van der Waals surface area contributed by atoms with Gasteiger partial charge in [-0.2, -0.15) is 0 Å². The fourth-order valence-corrected chi connectivity index (χ4v) is 9.80. The molecule has 0 aromatic rings. The van der Waals surface area contributed by atoms with Crippen LogP contribution in [0.4, 0.5) is 0 Å². The van der Waals surface area contributed by atoms with Crippen molar-refractivity contribution in [3.63, 3.8) is 0 Å². The number of allylic oxidation sites excluding steroid dienone is 10. The predicted octanol–water partition coefficient (Wildman–Crippen LogP) is 20.3. The van der Waals surface area contributed by atoms with Gasteiger partial charge in [-0.15, -0.1) is 0 Å². The quantitative estimate of drug-likeness (QED) is 0.0211. The van der Waals surface area contributed by atoms with Crippen LogP contribution in [0.5, 0.6) is 0 Å². The number of esters is 2. The van der Waals surface area contributed by atoms with Gasteiger partial charge >= 0.3 is 19.8 Å². The molecule has 0 aromatic heterocycles. The number of nitrogens with zero attached hydrogens (tertiary/aromatic N) is 1. The first-order chi connectivity index (χ1) is 37.0. The van der Waals surface area contributed by atoms with E-state index in [-0.39, 0.29) is 32.0 Å². The summed E-state index contributed by atoms with van der Waals surface area (Å²) in [5, 5.41) is 0. The lowest BCUT2D eigenvalue weighted by molar-refractivity contribution is -0.870. The molecule has 0 heterocycles. The minimum absolute atomic E-state index is 0.0283. The number of hydrogen-bond donors (Lipinski definition) is 1. The zero-order valence-electron chi connectivity index (χ0n) is 50.5. The van der Waals surface area contributed by atoms with Crippen molar-refractivity contribution in [3.8, 4) is 0 Å². The normalized spacial score (nSPS) is 13.6. The van der Waals surface area contributed by atoms with Crippen molar-refractivity contribution in [3.05, 3.63) is 60.8 Å². The molecule has 0 aliphatic carbocycles. The first-order valence-corrected chi connectivity index (χ1v) is 33.5. The molecule has 0 aromatic carbocycles. The van der Waals surface area contributed by atoms with E-state index in [1.54, 1.807) is 0 Å². The van der Waals surface area contributed by atoms with Gasteiger partial charge in [-0.3, -0.25) is 18.6 Å². The second-order valence-electron chi connectivity index (χ2n) is 22.8. The fraction of sp³-hybridized carbons (Fsp3) is 0.818. The van der Waals surface area contributed by atoms with Crippen LogP contribution in [0.15, 0.2) is 60.8 Å². The van der Waals surface area contributed by atoms with E-state index in [4.69, 9.17) is 18.5 Å². The summed E-state index contributed by atoms with van der Waals surface area (Å²) in [7, 11) is 1.47. The molecule has 0 radical (unpaired) electrons. The molecule has 444 valence electrons. The Morgan fingerprint density at radius 3 is 1.05 bits per heavy atom. The maximum Gasteiger partial charge on any atom is 0.472 e. The van der Waals surface area contributed by atoms with E-state index in [1.165, 1.54) is 186 Å². The Kier molecular flexibility index (Phi) is 55.7. The monoisotopic (exact) mass is 1090 g/mol. The zero-order valence-corrected chi connectivity index (χ0v) is 51.4. The van der Waals surface area contributed by atoms with Crippen molar-refractivity contribution in [2.24, 2.45) is 0 Å². The van der Waals surface area contributed by atoms with E-state index in [0.717, 1.165) is 77.0 Å². The first kappa shape index (κ1) is 73.7. The summed E-state index contributed by atoms with van der Waals surface area (Å²) in [5.74, 6) is -0.802. The number of hydrogen-bond acceptors (Lipinski definition) is 7. The van der Waals surface area contributed by atoms with Gasteiger partial charge in [0, 0.05) is 12.8 Å². The van der Waals surface area contributed by atoms with Crippen molar-refractivity contribution in [2.75, 3.05) is 47.5 Å². The lowest BCUT2D eigenvalue weighted by Crippen LogP contribution is -2.37. The van der Waals surface area contributed by atoms with Crippen molar-refractivity contribution >= 4 is 19.8 Å². The minimum atomic E-state index is -4.39. The van der Waals surface area contributed by atoms with Crippen LogP contribution >= 0.6 is 7.82 Å². The van der Waals surface area contributed by atoms with Gasteiger partial charge in [0.2, 0.25) is 0 Å². The Balaban J connectivity index is 4.07. The van der Waals surface area contributed by atoms with Crippen LogP contribution in [0.1, 0.15) is 296 Å². The molecule has 2 unspecified atom stereocenters. The van der Waals surface area contributed by atoms with Gasteiger partial charge in [0.1, 0.15) is 19.8 Å². The van der Waals surface area contributed by atoms with E-state index in [9.17, 15) is 19.0 Å². The molecule has 0 aliphatic heterocycles. The number of rotatable bonds is 59. The highest BCUT2D eigenvalue weighted by atomic mass is 31.2. The summed E-state index contributed by atoms with van der Waals surface area (Å²) >= 11 is 0. The molecular formula is C66H123NO8P+. The molecular weight excluding hydrogens is 966 g/mol. The average Bonchev–Trinajstić information content (AvgIpc) is 3.38. The number of likely N-dealkylation sites (N-methyl/N-ethyl adjacent to an activating group) is 1. The highest BCUT2D eigenvalue weighted by Crippen LogP contribution is 2.43. The van der Waals surface area contributed by atoms with Crippen LogP contribution in [0, 0.1) is 0 Å². The standard InChI is InChI=1S/C66H122NO8P/c1-6-8-10-12-14-16-18-20-22-24-26-28-29-30-31-32-33-34-35-36-37-39-40-42-44-46-48-50-52-54-56-58-65(68)72-62-64(63-74-76(70,71)73-61-60-67(3,4)5)75-66(69)59-57-55-53-51-49-47-45-43-41-38-27-25-23-21-19-17-15-13-11-9-7-2/h18-21,24-27,41,43,64H,6-17,22-23,28-40,42,44-63H2,1-5H3/p+1/b20-18-,21-19-,26-24-,27-25-,43-41-. The van der Waals surface area contributed by atoms with Crippen LogP contribution in [-0.4, -0.2) is 74.9 Å². The number of phosphoric acid groups is 1. The third kappa shape index (κ3) is 60.9. The molecule has 0 spiro atoms. The van der Waals surface area contributed by atoms with Gasteiger partial charge in [-0.05, 0) is 83.5 Å². The number of phosphoric ester groups is 1. The molecule has 0 saturated heterocycles. The van der Waals surface area contributed by atoms with Crippen LogP contribution in [0.3, 0.4) is 0 Å². The number of quaternary nitrogens is 1. The van der Waals surface area contributed by atoms with E-state index >= 15 is 0 Å². The van der Waals surface area contributed by atoms with Gasteiger partial charge in [-0.25, -0.2) is 4.57 Å². The fourth-order valence-electron chi connectivity index (χ4n) is 9.05. The molecule has 76 heavy (non-hydrogen) atoms. The van der Waals surface area contributed by atoms with Crippen molar-refractivity contribution in [1.29, 1.82) is 0 Å². The third-order valence-electron chi connectivity index (χ3n) is 14.0.